The van der Waals surface area contributed by atoms with E-state index in [1.54, 1.807) is 0 Å². The second-order valence-corrected chi connectivity index (χ2v) is 4.91. The zero-order chi connectivity index (χ0) is 12.3. The molecule has 0 aromatic heterocycles. The van der Waals surface area contributed by atoms with Gasteiger partial charge in [-0.15, -0.1) is 0 Å². The lowest BCUT2D eigenvalue weighted by Crippen LogP contribution is -2.15. The van der Waals surface area contributed by atoms with E-state index in [0.29, 0.717) is 18.3 Å². The lowest BCUT2D eigenvalue weighted by atomic mass is 10.1. The minimum atomic E-state index is 0.514. The van der Waals surface area contributed by atoms with Gasteiger partial charge in [0.1, 0.15) is 5.75 Å². The quantitative estimate of drug-likeness (QED) is 0.743. The molecular weight excluding hydrogens is 212 g/mol. The lowest BCUT2D eigenvalue weighted by molar-refractivity contribution is 0.342. The summed E-state index contributed by atoms with van der Waals surface area (Å²) >= 11 is 0. The molecule has 0 radical (unpaired) electrons. The average molecular weight is 234 g/mol. The highest BCUT2D eigenvalue weighted by molar-refractivity contribution is 5.61. The van der Waals surface area contributed by atoms with Gasteiger partial charge in [-0.25, -0.2) is 0 Å². The largest absolute Gasteiger partial charge is 0.492 e. The molecule has 0 spiro atoms. The summed E-state index contributed by atoms with van der Waals surface area (Å²) in [6.45, 7) is 4.84. The van der Waals surface area contributed by atoms with E-state index in [1.807, 2.05) is 25.1 Å². The number of rotatable bonds is 6. The minimum Gasteiger partial charge on any atom is -0.492 e. The van der Waals surface area contributed by atoms with Crippen molar-refractivity contribution < 1.29 is 4.74 Å². The molecule has 17 heavy (non-hydrogen) atoms. The molecule has 0 heterocycles. The zero-order valence-corrected chi connectivity index (χ0v) is 10.7. The van der Waals surface area contributed by atoms with Gasteiger partial charge in [-0.05, 0) is 38.3 Å². The van der Waals surface area contributed by atoms with Gasteiger partial charge in [0.2, 0.25) is 0 Å². The van der Waals surface area contributed by atoms with Gasteiger partial charge in [0.05, 0.1) is 12.3 Å². The van der Waals surface area contributed by atoms with Crippen molar-refractivity contribution in [3.05, 3.63) is 18.2 Å². The molecule has 3 N–H and O–H groups in total. The van der Waals surface area contributed by atoms with Crippen LogP contribution in [0.2, 0.25) is 0 Å². The highest BCUT2D eigenvalue weighted by Gasteiger charge is 2.23. The van der Waals surface area contributed by atoms with Crippen molar-refractivity contribution in [2.24, 2.45) is 5.92 Å². The third-order valence-electron chi connectivity index (χ3n) is 3.11. The molecule has 0 bridgehead atoms. The fourth-order valence-electron chi connectivity index (χ4n) is 2.10. The number of ether oxygens (including phenoxy) is 1. The van der Waals surface area contributed by atoms with E-state index < -0.39 is 0 Å². The molecule has 1 saturated carbocycles. The van der Waals surface area contributed by atoms with Gasteiger partial charge in [-0.3, -0.25) is 0 Å². The summed E-state index contributed by atoms with van der Waals surface area (Å²) in [7, 11) is 0. The van der Waals surface area contributed by atoms with Crippen LogP contribution in [0.25, 0.3) is 0 Å². The number of hydrogen-bond donors (Lipinski definition) is 2. The van der Waals surface area contributed by atoms with Crippen molar-refractivity contribution in [3.63, 3.8) is 0 Å². The first-order valence-corrected chi connectivity index (χ1v) is 6.48. The van der Waals surface area contributed by atoms with Crippen LogP contribution in [0.3, 0.4) is 0 Å². The van der Waals surface area contributed by atoms with Crippen LogP contribution in [-0.2, 0) is 0 Å². The minimum absolute atomic E-state index is 0.514. The molecule has 0 aliphatic heterocycles. The second kappa shape index (κ2) is 5.30. The fourth-order valence-corrected chi connectivity index (χ4v) is 2.10. The van der Waals surface area contributed by atoms with Crippen LogP contribution in [0.15, 0.2) is 18.2 Å². The Balaban J connectivity index is 1.96. The number of benzene rings is 1. The second-order valence-electron chi connectivity index (χ2n) is 4.91. The summed E-state index contributed by atoms with van der Waals surface area (Å²) in [6, 6.07) is 6.42. The summed E-state index contributed by atoms with van der Waals surface area (Å²) in [5, 5.41) is 3.50. The average Bonchev–Trinajstić information content (AvgIpc) is 3.07. The first-order valence-electron chi connectivity index (χ1n) is 6.48. The van der Waals surface area contributed by atoms with Gasteiger partial charge in [0, 0.05) is 17.8 Å². The predicted octanol–water partition coefficient (Wildman–Crippen LogP) is 3.27. The summed E-state index contributed by atoms with van der Waals surface area (Å²) in [5.74, 6) is 1.72. The predicted molar refractivity (Wildman–Crippen MR) is 72.4 cm³/mol. The van der Waals surface area contributed by atoms with Gasteiger partial charge in [0.25, 0.3) is 0 Å². The van der Waals surface area contributed by atoms with Crippen molar-refractivity contribution in [1.29, 1.82) is 0 Å². The number of nitrogen functional groups attached to an aromatic ring is 1. The Morgan fingerprint density at radius 1 is 1.47 bits per heavy atom. The Hall–Kier alpha value is -1.38. The third kappa shape index (κ3) is 3.55. The molecule has 1 fully saturated rings. The Bertz CT molecular complexity index is 374. The van der Waals surface area contributed by atoms with Crippen molar-refractivity contribution in [2.45, 2.75) is 39.2 Å². The van der Waals surface area contributed by atoms with Crippen LogP contribution in [0.5, 0.6) is 5.75 Å². The third-order valence-corrected chi connectivity index (χ3v) is 3.11. The van der Waals surface area contributed by atoms with Gasteiger partial charge in [-0.1, -0.05) is 12.8 Å². The Morgan fingerprint density at radius 2 is 2.24 bits per heavy atom. The van der Waals surface area contributed by atoms with E-state index in [2.05, 4.69) is 12.2 Å². The van der Waals surface area contributed by atoms with Crippen LogP contribution >= 0.6 is 0 Å². The van der Waals surface area contributed by atoms with E-state index in [9.17, 15) is 0 Å². The zero-order valence-electron chi connectivity index (χ0n) is 10.7. The van der Waals surface area contributed by atoms with Crippen molar-refractivity contribution in [2.75, 3.05) is 17.7 Å². The van der Waals surface area contributed by atoms with Crippen molar-refractivity contribution in [3.8, 4) is 5.75 Å². The molecule has 1 aromatic rings. The summed E-state index contributed by atoms with van der Waals surface area (Å²) < 4.78 is 5.49. The molecule has 94 valence electrons. The molecule has 1 aliphatic rings. The van der Waals surface area contributed by atoms with E-state index in [-0.39, 0.29) is 0 Å². The van der Waals surface area contributed by atoms with Gasteiger partial charge >= 0.3 is 0 Å². The van der Waals surface area contributed by atoms with E-state index in [4.69, 9.17) is 10.5 Å². The fraction of sp³-hybridized carbons (Fsp3) is 0.571. The number of nitrogens with one attached hydrogen (secondary N) is 1. The van der Waals surface area contributed by atoms with E-state index in [1.165, 1.54) is 19.3 Å². The van der Waals surface area contributed by atoms with Crippen LogP contribution in [0.4, 0.5) is 11.4 Å². The monoisotopic (exact) mass is 234 g/mol. The first kappa shape index (κ1) is 12.1. The molecule has 1 unspecified atom stereocenters. The molecule has 0 amide bonds. The SMILES string of the molecule is CCOc1cc(NC(C)CC2CC2)ccc1N. The van der Waals surface area contributed by atoms with Crippen LogP contribution in [0, 0.1) is 5.92 Å². The Kier molecular flexibility index (Phi) is 3.77. The maximum absolute atomic E-state index is 5.84. The summed E-state index contributed by atoms with van der Waals surface area (Å²) in [4.78, 5) is 0. The van der Waals surface area contributed by atoms with Gasteiger partial charge in [0.15, 0.2) is 0 Å². The number of nitrogens with two attached hydrogens (primary N) is 1. The van der Waals surface area contributed by atoms with Gasteiger partial charge in [-0.2, -0.15) is 0 Å². The summed E-state index contributed by atoms with van der Waals surface area (Å²) in [6.07, 6.45) is 4.06. The normalized spacial score (nSPS) is 16.6. The Labute approximate surface area is 103 Å². The molecule has 1 aliphatic carbocycles. The molecule has 1 aromatic carbocycles. The van der Waals surface area contributed by atoms with Crippen LogP contribution in [0.1, 0.15) is 33.1 Å². The van der Waals surface area contributed by atoms with Crippen molar-refractivity contribution in [1.82, 2.24) is 0 Å². The van der Waals surface area contributed by atoms with Crippen LogP contribution in [-0.4, -0.2) is 12.6 Å². The lowest BCUT2D eigenvalue weighted by Gasteiger charge is -2.16. The number of anilines is 2. The standard InChI is InChI=1S/C14H22N2O/c1-3-17-14-9-12(6-7-13(14)15)16-10(2)8-11-4-5-11/h6-7,9-11,16H,3-5,8,15H2,1-2H3. The highest BCUT2D eigenvalue weighted by Crippen LogP contribution is 2.34. The molecule has 1 atom stereocenters. The smallest absolute Gasteiger partial charge is 0.144 e. The Morgan fingerprint density at radius 3 is 2.88 bits per heavy atom. The number of hydrogen-bond acceptors (Lipinski definition) is 3. The van der Waals surface area contributed by atoms with Gasteiger partial charge < -0.3 is 15.8 Å². The van der Waals surface area contributed by atoms with Crippen LogP contribution < -0.4 is 15.8 Å². The molecule has 2 rings (SSSR count). The van der Waals surface area contributed by atoms with E-state index in [0.717, 1.165) is 17.4 Å². The van der Waals surface area contributed by atoms with Crippen molar-refractivity contribution >= 4 is 11.4 Å². The maximum atomic E-state index is 5.84. The highest BCUT2D eigenvalue weighted by atomic mass is 16.5. The molecular formula is C14H22N2O. The maximum Gasteiger partial charge on any atom is 0.144 e. The first-order chi connectivity index (χ1) is 8.19. The molecule has 0 saturated heterocycles. The topological polar surface area (TPSA) is 47.3 Å². The van der Waals surface area contributed by atoms with E-state index >= 15 is 0 Å². The molecule has 3 heteroatoms. The summed E-state index contributed by atoms with van der Waals surface area (Å²) in [5.41, 5.74) is 7.64. The molecule has 3 nitrogen and oxygen atoms in total.